The van der Waals surface area contributed by atoms with E-state index in [4.69, 9.17) is 4.42 Å². The molecule has 140 valence electrons. The summed E-state index contributed by atoms with van der Waals surface area (Å²) in [6, 6.07) is 9.92. The van der Waals surface area contributed by atoms with Crippen LogP contribution in [-0.4, -0.2) is 49.1 Å². The number of likely N-dealkylation sites (tertiary alicyclic amines) is 1. The maximum absolute atomic E-state index is 5.57. The Bertz CT molecular complexity index is 697. The fraction of sp³-hybridized carbons (Fsp3) is 0.500. The van der Waals surface area contributed by atoms with E-state index >= 15 is 0 Å². The highest BCUT2D eigenvalue weighted by Gasteiger charge is 2.15. The van der Waals surface area contributed by atoms with E-state index in [-0.39, 0.29) is 0 Å². The third-order valence-corrected chi connectivity index (χ3v) is 4.69. The van der Waals surface area contributed by atoms with Crippen LogP contribution in [0.1, 0.15) is 25.5 Å². The summed E-state index contributed by atoms with van der Waals surface area (Å²) in [5.74, 6) is 2.25. The van der Waals surface area contributed by atoms with Crippen LogP contribution in [0.3, 0.4) is 0 Å². The molecular formula is C20H29N5O. The molecule has 1 aliphatic rings. The van der Waals surface area contributed by atoms with Gasteiger partial charge < -0.3 is 20.0 Å². The number of guanidine groups is 1. The molecule has 0 aliphatic carbocycles. The second-order valence-corrected chi connectivity index (χ2v) is 6.91. The number of nitrogens with one attached hydrogen (secondary N) is 2. The summed E-state index contributed by atoms with van der Waals surface area (Å²) in [5, 5.41) is 6.67. The van der Waals surface area contributed by atoms with Gasteiger partial charge in [-0.25, -0.2) is 4.98 Å². The molecule has 3 rings (SSSR count). The van der Waals surface area contributed by atoms with Crippen LogP contribution in [-0.2, 0) is 6.54 Å². The third-order valence-electron chi connectivity index (χ3n) is 4.69. The van der Waals surface area contributed by atoms with Gasteiger partial charge in [0.2, 0.25) is 5.89 Å². The molecule has 2 N–H and O–H groups in total. The summed E-state index contributed by atoms with van der Waals surface area (Å²) in [5.41, 5.74) is 1.84. The largest absolute Gasteiger partial charge is 0.444 e. The number of hydrogen-bond acceptors (Lipinski definition) is 4. The number of piperidine rings is 1. The van der Waals surface area contributed by atoms with Gasteiger partial charge in [-0.3, -0.25) is 4.99 Å². The van der Waals surface area contributed by atoms with E-state index in [1.165, 1.54) is 25.9 Å². The Labute approximate surface area is 155 Å². The van der Waals surface area contributed by atoms with Crippen molar-refractivity contribution in [1.29, 1.82) is 0 Å². The van der Waals surface area contributed by atoms with Gasteiger partial charge in [0.05, 0.1) is 12.2 Å². The van der Waals surface area contributed by atoms with Crippen molar-refractivity contribution >= 4 is 5.96 Å². The molecule has 6 heteroatoms. The van der Waals surface area contributed by atoms with Gasteiger partial charge in [0.1, 0.15) is 6.26 Å². The number of rotatable bonds is 6. The van der Waals surface area contributed by atoms with Crippen LogP contribution < -0.4 is 10.6 Å². The Hall–Kier alpha value is -2.34. The fourth-order valence-corrected chi connectivity index (χ4v) is 3.32. The van der Waals surface area contributed by atoms with E-state index in [9.17, 15) is 0 Å². The Morgan fingerprint density at radius 1 is 1.31 bits per heavy atom. The maximum atomic E-state index is 5.57. The molecule has 1 fully saturated rings. The Kier molecular flexibility index (Phi) is 6.66. The van der Waals surface area contributed by atoms with Gasteiger partial charge in [0.25, 0.3) is 0 Å². The van der Waals surface area contributed by atoms with Crippen molar-refractivity contribution in [2.24, 2.45) is 10.9 Å². The fourth-order valence-electron chi connectivity index (χ4n) is 3.32. The molecule has 0 bridgehead atoms. The highest BCUT2D eigenvalue weighted by atomic mass is 16.3. The first-order chi connectivity index (χ1) is 12.7. The molecular weight excluding hydrogens is 326 g/mol. The average molecular weight is 355 g/mol. The lowest BCUT2D eigenvalue weighted by Gasteiger charge is -2.30. The lowest BCUT2D eigenvalue weighted by molar-refractivity contribution is 0.187. The van der Waals surface area contributed by atoms with Crippen LogP contribution in [0.15, 0.2) is 46.0 Å². The molecule has 0 radical (unpaired) electrons. The summed E-state index contributed by atoms with van der Waals surface area (Å²) >= 11 is 0. The molecule has 2 aromatic rings. The third kappa shape index (κ3) is 5.33. The van der Waals surface area contributed by atoms with E-state index in [2.05, 4.69) is 32.4 Å². The molecule has 0 amide bonds. The predicted octanol–water partition coefficient (Wildman–Crippen LogP) is 2.74. The first-order valence-corrected chi connectivity index (χ1v) is 9.41. The first-order valence-electron chi connectivity index (χ1n) is 9.41. The van der Waals surface area contributed by atoms with Gasteiger partial charge in [-0.05, 0) is 37.4 Å². The SMILES string of the molecule is CN=C(NCCN1CCCC(C)C1)NCc1coc(-c2ccccc2)n1. The number of nitrogens with zero attached hydrogens (tertiary/aromatic N) is 3. The van der Waals surface area contributed by atoms with Crippen molar-refractivity contribution in [2.75, 3.05) is 33.2 Å². The summed E-state index contributed by atoms with van der Waals surface area (Å²) in [6.45, 7) is 7.26. The smallest absolute Gasteiger partial charge is 0.226 e. The summed E-state index contributed by atoms with van der Waals surface area (Å²) in [4.78, 5) is 11.3. The van der Waals surface area contributed by atoms with Crippen LogP contribution in [0.2, 0.25) is 0 Å². The Balaban J connectivity index is 1.42. The monoisotopic (exact) mass is 355 g/mol. The molecule has 6 nitrogen and oxygen atoms in total. The highest BCUT2D eigenvalue weighted by molar-refractivity contribution is 5.79. The van der Waals surface area contributed by atoms with E-state index < -0.39 is 0 Å². The minimum Gasteiger partial charge on any atom is -0.444 e. The number of aromatic nitrogens is 1. The van der Waals surface area contributed by atoms with E-state index in [1.54, 1.807) is 13.3 Å². The molecule has 2 heterocycles. The minimum atomic E-state index is 0.580. The predicted molar refractivity (Wildman–Crippen MR) is 105 cm³/mol. The molecule has 1 unspecified atom stereocenters. The van der Waals surface area contributed by atoms with Gasteiger partial charge in [-0.2, -0.15) is 0 Å². The molecule has 1 aromatic heterocycles. The minimum absolute atomic E-state index is 0.580. The number of aliphatic imine (C=N–C) groups is 1. The molecule has 0 saturated carbocycles. The molecule has 26 heavy (non-hydrogen) atoms. The van der Waals surface area contributed by atoms with Gasteiger partial charge >= 0.3 is 0 Å². The molecule has 1 atom stereocenters. The Morgan fingerprint density at radius 3 is 2.92 bits per heavy atom. The van der Waals surface area contributed by atoms with Crippen molar-refractivity contribution in [3.05, 3.63) is 42.3 Å². The summed E-state index contributed by atoms with van der Waals surface area (Å²) in [6.07, 6.45) is 4.36. The molecule has 1 saturated heterocycles. The second kappa shape index (κ2) is 9.38. The van der Waals surface area contributed by atoms with Crippen LogP contribution in [0, 0.1) is 5.92 Å². The standard InChI is InChI=1S/C20H29N5O/c1-16-7-6-11-25(14-16)12-10-22-20(21-2)23-13-18-15-26-19(24-18)17-8-4-3-5-9-17/h3-5,8-9,15-16H,6-7,10-14H2,1-2H3,(H2,21,22,23). The van der Waals surface area contributed by atoms with Crippen molar-refractivity contribution in [2.45, 2.75) is 26.3 Å². The molecule has 1 aliphatic heterocycles. The van der Waals surface area contributed by atoms with Crippen LogP contribution in [0.5, 0.6) is 0 Å². The van der Waals surface area contributed by atoms with Crippen LogP contribution in [0.25, 0.3) is 11.5 Å². The zero-order chi connectivity index (χ0) is 18.2. The van der Waals surface area contributed by atoms with Crippen LogP contribution in [0.4, 0.5) is 0 Å². The lowest BCUT2D eigenvalue weighted by atomic mass is 10.0. The van der Waals surface area contributed by atoms with Crippen molar-refractivity contribution in [3.63, 3.8) is 0 Å². The van der Waals surface area contributed by atoms with Gasteiger partial charge in [-0.1, -0.05) is 25.1 Å². The van der Waals surface area contributed by atoms with Crippen molar-refractivity contribution < 1.29 is 4.42 Å². The van der Waals surface area contributed by atoms with Crippen LogP contribution >= 0.6 is 0 Å². The van der Waals surface area contributed by atoms with E-state index in [1.807, 2.05) is 30.3 Å². The van der Waals surface area contributed by atoms with E-state index in [0.29, 0.717) is 12.4 Å². The Morgan fingerprint density at radius 2 is 2.15 bits per heavy atom. The van der Waals surface area contributed by atoms with Gasteiger partial charge in [-0.15, -0.1) is 0 Å². The number of benzene rings is 1. The van der Waals surface area contributed by atoms with Crippen molar-refractivity contribution in [1.82, 2.24) is 20.5 Å². The summed E-state index contributed by atoms with van der Waals surface area (Å²) in [7, 11) is 1.79. The zero-order valence-corrected chi connectivity index (χ0v) is 15.7. The topological polar surface area (TPSA) is 65.7 Å². The number of hydrogen-bond donors (Lipinski definition) is 2. The lowest BCUT2D eigenvalue weighted by Crippen LogP contribution is -2.43. The highest BCUT2D eigenvalue weighted by Crippen LogP contribution is 2.17. The number of oxazole rings is 1. The first kappa shape index (κ1) is 18.5. The quantitative estimate of drug-likeness (QED) is 0.616. The van der Waals surface area contributed by atoms with Gasteiger partial charge in [0.15, 0.2) is 5.96 Å². The normalized spacial score (nSPS) is 18.7. The second-order valence-electron chi connectivity index (χ2n) is 6.91. The molecule has 1 aromatic carbocycles. The zero-order valence-electron chi connectivity index (χ0n) is 15.7. The van der Waals surface area contributed by atoms with Crippen molar-refractivity contribution in [3.8, 4) is 11.5 Å². The summed E-state index contributed by atoms with van der Waals surface area (Å²) < 4.78 is 5.57. The molecule has 0 spiro atoms. The van der Waals surface area contributed by atoms with E-state index in [0.717, 1.165) is 36.2 Å². The average Bonchev–Trinajstić information content (AvgIpc) is 3.14. The maximum Gasteiger partial charge on any atom is 0.226 e. The van der Waals surface area contributed by atoms with Gasteiger partial charge in [0, 0.05) is 32.2 Å².